The van der Waals surface area contributed by atoms with Gasteiger partial charge in [0.15, 0.2) is 15.3 Å². The van der Waals surface area contributed by atoms with E-state index in [-0.39, 0.29) is 5.75 Å². The topological polar surface area (TPSA) is 81.7 Å². The lowest BCUT2D eigenvalue weighted by Gasteiger charge is -1.98. The third-order valence-corrected chi connectivity index (χ3v) is 5.67. The van der Waals surface area contributed by atoms with Gasteiger partial charge in [-0.15, -0.1) is 0 Å². The summed E-state index contributed by atoms with van der Waals surface area (Å²) >= 11 is 0. The monoisotopic (exact) mass is 260 g/mol. The van der Waals surface area contributed by atoms with Crippen LogP contribution in [0.1, 0.15) is 18.4 Å². The average molecular weight is 260 g/mol. The van der Waals surface area contributed by atoms with Crippen LogP contribution in [0.25, 0.3) is 0 Å². The van der Waals surface area contributed by atoms with Crippen LogP contribution in [0.3, 0.4) is 0 Å². The van der Waals surface area contributed by atoms with Crippen LogP contribution in [-0.4, -0.2) is 19.4 Å². The molecule has 1 aliphatic rings. The summed E-state index contributed by atoms with van der Waals surface area (Å²) < 4.78 is 24.0. The molecule has 0 N–H and O–H groups in total. The van der Waals surface area contributed by atoms with Crippen LogP contribution >= 0.6 is 0 Å². The number of rotatable bonds is 3. The van der Waals surface area contributed by atoms with Gasteiger partial charge in [0.1, 0.15) is 5.25 Å². The lowest BCUT2D eigenvalue weighted by atomic mass is 10.0. The van der Waals surface area contributed by atoms with Crippen molar-refractivity contribution in [1.29, 1.82) is 10.5 Å². The van der Waals surface area contributed by atoms with Crippen LogP contribution < -0.4 is 0 Å². The highest BCUT2D eigenvalue weighted by molar-refractivity contribution is 7.92. The summed E-state index contributed by atoms with van der Waals surface area (Å²) in [4.78, 5) is 0. The zero-order chi connectivity index (χ0) is 13.4. The summed E-state index contributed by atoms with van der Waals surface area (Å²) in [5.41, 5.74) is -0.682. The van der Waals surface area contributed by atoms with Crippen molar-refractivity contribution in [3.8, 4) is 12.1 Å². The maximum Gasteiger partial charge on any atom is 0.169 e. The molecular formula is C13H12N2O2S. The van der Waals surface area contributed by atoms with Gasteiger partial charge in [0.05, 0.1) is 12.1 Å². The van der Waals surface area contributed by atoms with Crippen LogP contribution in [0.5, 0.6) is 0 Å². The van der Waals surface area contributed by atoms with Gasteiger partial charge < -0.3 is 0 Å². The molecule has 0 saturated heterocycles. The molecule has 1 aliphatic carbocycles. The van der Waals surface area contributed by atoms with E-state index in [9.17, 15) is 18.9 Å². The van der Waals surface area contributed by atoms with Crippen LogP contribution in [0.2, 0.25) is 0 Å². The molecule has 0 spiro atoms. The first-order valence-electron chi connectivity index (χ1n) is 5.62. The fourth-order valence-electron chi connectivity index (χ4n) is 2.42. The summed E-state index contributed by atoms with van der Waals surface area (Å²) in [5, 5.41) is 17.5. The Kier molecular flexibility index (Phi) is 2.88. The van der Waals surface area contributed by atoms with Crippen molar-refractivity contribution < 1.29 is 8.42 Å². The average Bonchev–Trinajstić information content (AvgIpc) is 3.10. The van der Waals surface area contributed by atoms with Crippen molar-refractivity contribution in [2.45, 2.75) is 18.1 Å². The maximum absolute atomic E-state index is 12.0. The van der Waals surface area contributed by atoms with Gasteiger partial charge in [0.2, 0.25) is 0 Å². The summed E-state index contributed by atoms with van der Waals surface area (Å²) in [6.07, 6.45) is 0. The Morgan fingerprint density at radius 3 is 2.22 bits per heavy atom. The number of sulfone groups is 1. The van der Waals surface area contributed by atoms with E-state index in [0.29, 0.717) is 0 Å². The van der Waals surface area contributed by atoms with Crippen molar-refractivity contribution in [3.05, 3.63) is 35.9 Å². The number of nitrogens with zero attached hydrogens (tertiary/aromatic N) is 2. The van der Waals surface area contributed by atoms with Gasteiger partial charge in [0.25, 0.3) is 0 Å². The molecule has 0 heterocycles. The van der Waals surface area contributed by atoms with Gasteiger partial charge >= 0.3 is 0 Å². The minimum Gasteiger partial charge on any atom is -0.228 e. The first-order valence-corrected chi connectivity index (χ1v) is 7.34. The van der Waals surface area contributed by atoms with Crippen LogP contribution in [-0.2, 0) is 9.84 Å². The van der Waals surface area contributed by atoms with Crippen molar-refractivity contribution in [3.63, 3.8) is 0 Å². The second-order valence-corrected chi connectivity index (χ2v) is 6.76. The van der Waals surface area contributed by atoms with E-state index >= 15 is 0 Å². The smallest absolute Gasteiger partial charge is 0.169 e. The number of nitriles is 2. The predicted octanol–water partition coefficient (Wildman–Crippen LogP) is 1.62. The van der Waals surface area contributed by atoms with E-state index in [2.05, 4.69) is 0 Å². The van der Waals surface area contributed by atoms with E-state index in [4.69, 9.17) is 0 Å². The number of benzene rings is 1. The number of hydrogen-bond acceptors (Lipinski definition) is 4. The molecule has 4 nitrogen and oxygen atoms in total. The van der Waals surface area contributed by atoms with E-state index < -0.39 is 26.4 Å². The minimum absolute atomic E-state index is 0.0495. The van der Waals surface area contributed by atoms with Crippen LogP contribution in [0.4, 0.5) is 0 Å². The SMILES string of the molecule is CCS(=O)(=O)C1C(c2ccccc2)C1(C#N)C#N. The van der Waals surface area contributed by atoms with E-state index in [1.807, 2.05) is 18.2 Å². The highest BCUT2D eigenvalue weighted by Gasteiger charge is 2.72. The second-order valence-electron chi connectivity index (χ2n) is 4.35. The molecule has 1 aromatic carbocycles. The Bertz CT molecular complexity index is 624. The first kappa shape index (κ1) is 12.6. The van der Waals surface area contributed by atoms with Crippen LogP contribution in [0.15, 0.2) is 30.3 Å². The molecule has 92 valence electrons. The third kappa shape index (κ3) is 1.60. The molecule has 0 aliphatic heterocycles. The molecule has 2 unspecified atom stereocenters. The third-order valence-electron chi connectivity index (χ3n) is 3.45. The van der Waals surface area contributed by atoms with Gasteiger partial charge in [-0.1, -0.05) is 37.3 Å². The molecule has 2 atom stereocenters. The first-order chi connectivity index (χ1) is 8.53. The summed E-state index contributed by atoms with van der Waals surface area (Å²) in [7, 11) is -3.40. The molecule has 1 fully saturated rings. The van der Waals surface area contributed by atoms with Gasteiger partial charge in [-0.2, -0.15) is 10.5 Å². The van der Waals surface area contributed by atoms with E-state index in [1.165, 1.54) is 6.92 Å². The summed E-state index contributed by atoms with van der Waals surface area (Å²) in [6.45, 7) is 1.54. The Hall–Kier alpha value is -1.85. The molecule has 5 heteroatoms. The molecule has 0 aromatic heterocycles. The van der Waals surface area contributed by atoms with E-state index in [0.717, 1.165) is 5.56 Å². The Balaban J connectivity index is 2.51. The summed E-state index contributed by atoms with van der Waals surface area (Å²) in [5.74, 6) is -0.579. The lowest BCUT2D eigenvalue weighted by Crippen LogP contribution is -2.15. The van der Waals surface area contributed by atoms with Gasteiger partial charge in [-0.3, -0.25) is 0 Å². The molecular weight excluding hydrogens is 248 g/mol. The standard InChI is InChI=1S/C13H12N2O2S/c1-2-18(16,17)12-11(13(12,8-14)9-15)10-6-4-3-5-7-10/h3-7,11-12H,2H2,1H3. The fraction of sp³-hybridized carbons (Fsp3) is 0.385. The molecule has 0 bridgehead atoms. The predicted molar refractivity (Wildman–Crippen MR) is 66.1 cm³/mol. The minimum atomic E-state index is -3.40. The lowest BCUT2D eigenvalue weighted by molar-refractivity contribution is 0.592. The van der Waals surface area contributed by atoms with Crippen molar-refractivity contribution >= 4 is 9.84 Å². The molecule has 1 saturated carbocycles. The maximum atomic E-state index is 12.0. The Labute approximate surface area is 106 Å². The highest BCUT2D eigenvalue weighted by Crippen LogP contribution is 2.62. The fourth-order valence-corrected chi connectivity index (χ4v) is 4.30. The van der Waals surface area contributed by atoms with Gasteiger partial charge in [-0.05, 0) is 5.56 Å². The quantitative estimate of drug-likeness (QED) is 0.826. The zero-order valence-corrected chi connectivity index (χ0v) is 10.7. The van der Waals surface area contributed by atoms with Crippen molar-refractivity contribution in [2.75, 3.05) is 5.75 Å². The molecule has 18 heavy (non-hydrogen) atoms. The Morgan fingerprint density at radius 2 is 1.78 bits per heavy atom. The van der Waals surface area contributed by atoms with Crippen LogP contribution in [0, 0.1) is 28.1 Å². The Morgan fingerprint density at radius 1 is 1.22 bits per heavy atom. The normalized spacial score (nSPS) is 24.8. The summed E-state index contributed by atoms with van der Waals surface area (Å²) in [6, 6.07) is 12.7. The van der Waals surface area contributed by atoms with Gasteiger partial charge in [-0.25, -0.2) is 8.42 Å². The molecule has 2 rings (SSSR count). The highest BCUT2D eigenvalue weighted by atomic mass is 32.2. The van der Waals surface area contributed by atoms with E-state index in [1.54, 1.807) is 24.3 Å². The van der Waals surface area contributed by atoms with Gasteiger partial charge in [0, 0.05) is 11.7 Å². The molecule has 0 radical (unpaired) electrons. The molecule has 0 amide bonds. The number of hydrogen-bond donors (Lipinski definition) is 0. The van der Waals surface area contributed by atoms with Crippen molar-refractivity contribution in [2.24, 2.45) is 5.41 Å². The van der Waals surface area contributed by atoms with Crippen molar-refractivity contribution in [1.82, 2.24) is 0 Å². The molecule has 1 aromatic rings. The zero-order valence-electron chi connectivity index (χ0n) is 9.87. The second kappa shape index (κ2) is 4.12. The largest absolute Gasteiger partial charge is 0.228 e.